The lowest BCUT2D eigenvalue weighted by molar-refractivity contribution is 0.955. The molecule has 31 aromatic rings. The van der Waals surface area contributed by atoms with Crippen LogP contribution in [0.5, 0.6) is 0 Å². The Bertz CT molecular complexity index is 10800. The van der Waals surface area contributed by atoms with Crippen LogP contribution in [0, 0.1) is 0 Å². The fourth-order valence-corrected chi connectivity index (χ4v) is 25.8. The van der Waals surface area contributed by atoms with Crippen molar-refractivity contribution in [1.82, 2.24) is 58.6 Å². The molecule has 31 rings (SSSR count). The third kappa shape index (κ3) is 14.3. The molecule has 22 aromatic carbocycles. The van der Waals surface area contributed by atoms with Crippen LogP contribution >= 0.6 is 34.0 Å². The topological polar surface area (TPSA) is 131 Å². The van der Waals surface area contributed by atoms with Gasteiger partial charge in [0.1, 0.15) is 0 Å². The minimum absolute atomic E-state index is 0.597. The molecule has 0 aliphatic heterocycles. The van der Waals surface area contributed by atoms with E-state index in [-0.39, 0.29) is 0 Å². The summed E-state index contributed by atoms with van der Waals surface area (Å²) < 4.78 is 14.4. The van der Waals surface area contributed by atoms with Crippen LogP contribution in [0.15, 0.2) is 485 Å². The summed E-state index contributed by atoms with van der Waals surface area (Å²) in [6.07, 6.45) is 0. The molecule has 0 radical (unpaired) electrons. The van der Waals surface area contributed by atoms with Crippen LogP contribution in [0.4, 0.5) is 0 Å². The lowest BCUT2D eigenvalue weighted by atomic mass is 9.97. The summed E-state index contributed by atoms with van der Waals surface area (Å²) >= 11 is 5.56. The first-order chi connectivity index (χ1) is 73.4. The Hall–Kier alpha value is -19.0. The van der Waals surface area contributed by atoms with Gasteiger partial charge in [-0.25, -0.2) is 15.0 Å². The second kappa shape index (κ2) is 35.5. The van der Waals surface area contributed by atoms with Gasteiger partial charge in [0.25, 0.3) is 0 Å². The number of fused-ring (bicyclic) bond motifs is 31. The zero-order valence-corrected chi connectivity index (χ0v) is 81.7. The predicted octanol–water partition coefficient (Wildman–Crippen LogP) is 35.6. The fraction of sp³-hybridized carbons (Fsp3) is 0. The summed E-state index contributed by atoms with van der Waals surface area (Å²) in [6.45, 7) is 0. The summed E-state index contributed by atoms with van der Waals surface area (Å²) in [4.78, 5) is 46.9. The van der Waals surface area contributed by atoms with Crippen molar-refractivity contribution in [3.63, 3.8) is 0 Å². The molecule has 9 heterocycles. The standard InChI is InChI=1S/C47H28N4S.2C43H26N4S/c1-2-14-31(15-3-1)45-48-46(32-27-25-30(26-28-32)34-22-12-16-29-13-4-5-17-33(29)34)50-47(49-45)51-39-23-10-8-20-37(39)41-35-18-6-7-19-36(35)44-42(43(41)51)38-21-9-11-24-40(38)52-44;1-3-14-27(15-4-1)29-18-13-19-30(26-29)42-44-41(28-16-5-2-6-17-28)45-43(46-42)47-35-24-11-9-22-33(35)37-31-20-7-8-21-32(31)40-38(39(37)47)34-23-10-12-25-36(34)48-40;1-3-13-27(14-4-1)28-23-25-30(26-24-28)42-44-41(29-15-5-2-6-16-29)45-43(46-42)47-35-21-11-9-19-33(35)37-31-17-7-8-18-32(31)40-38(39(37)47)34-20-10-12-22-36(34)48-40/h1-28H;2*1-26H. The molecular formula is C133H80N12S3. The number of hydrogen-bond donors (Lipinski definition) is 0. The molecule has 12 nitrogen and oxygen atoms in total. The molecule has 0 spiro atoms. The van der Waals surface area contributed by atoms with Gasteiger partial charge < -0.3 is 0 Å². The van der Waals surface area contributed by atoms with Crippen LogP contribution in [0.25, 0.3) is 289 Å². The molecule has 0 bridgehead atoms. The van der Waals surface area contributed by atoms with Crippen LogP contribution in [0.1, 0.15) is 0 Å². The molecule has 0 aliphatic rings. The molecule has 0 fully saturated rings. The molecule has 0 saturated carbocycles. The van der Waals surface area contributed by atoms with E-state index in [9.17, 15) is 0 Å². The molecule has 0 N–H and O–H groups in total. The number of para-hydroxylation sites is 3. The monoisotopic (exact) mass is 1940 g/mol. The molecule has 690 valence electrons. The highest BCUT2D eigenvalue weighted by Gasteiger charge is 2.30. The molecule has 0 amide bonds. The van der Waals surface area contributed by atoms with Gasteiger partial charge in [-0.15, -0.1) is 34.0 Å². The van der Waals surface area contributed by atoms with E-state index in [2.05, 4.69) is 432 Å². The maximum absolute atomic E-state index is 5.32. The second-order valence-electron chi connectivity index (χ2n) is 37.2. The molecule has 15 heteroatoms. The van der Waals surface area contributed by atoms with Gasteiger partial charge >= 0.3 is 0 Å². The number of hydrogen-bond acceptors (Lipinski definition) is 12. The van der Waals surface area contributed by atoms with Gasteiger partial charge in [-0.3, -0.25) is 13.7 Å². The lowest BCUT2D eigenvalue weighted by Gasteiger charge is -2.12. The Kier molecular flexibility index (Phi) is 20.6. The Labute approximate surface area is 859 Å². The summed E-state index contributed by atoms with van der Waals surface area (Å²) in [5, 5.41) is 24.5. The normalized spacial score (nSPS) is 11.8. The van der Waals surface area contributed by atoms with Gasteiger partial charge in [-0.1, -0.05) is 443 Å². The Morgan fingerprint density at radius 3 is 0.750 bits per heavy atom. The summed E-state index contributed by atoms with van der Waals surface area (Å²) in [7, 11) is 0. The first kappa shape index (κ1) is 85.7. The highest BCUT2D eigenvalue weighted by molar-refractivity contribution is 7.28. The second-order valence-corrected chi connectivity index (χ2v) is 40.4. The lowest BCUT2D eigenvalue weighted by Crippen LogP contribution is -2.06. The van der Waals surface area contributed by atoms with Gasteiger partial charge in [0.05, 0.1) is 33.1 Å². The van der Waals surface area contributed by atoms with Crippen LogP contribution < -0.4 is 0 Å². The van der Waals surface area contributed by atoms with E-state index in [0.29, 0.717) is 52.8 Å². The first-order valence-electron chi connectivity index (χ1n) is 49.5. The molecule has 0 aliphatic carbocycles. The third-order valence-corrected chi connectivity index (χ3v) is 32.3. The average Bonchev–Trinajstić information content (AvgIpc) is 1.54. The highest BCUT2D eigenvalue weighted by atomic mass is 32.1. The molecule has 9 aromatic heterocycles. The van der Waals surface area contributed by atoms with E-state index in [0.717, 1.165) is 88.7 Å². The van der Waals surface area contributed by atoms with Gasteiger partial charge in [0.2, 0.25) is 17.8 Å². The van der Waals surface area contributed by atoms with E-state index in [4.69, 9.17) is 44.9 Å². The van der Waals surface area contributed by atoms with Crippen LogP contribution in [-0.4, -0.2) is 58.6 Å². The number of rotatable bonds is 12. The molecule has 148 heavy (non-hydrogen) atoms. The van der Waals surface area contributed by atoms with Crippen molar-refractivity contribution in [1.29, 1.82) is 0 Å². The number of benzene rings is 22. The van der Waals surface area contributed by atoms with Gasteiger partial charge in [0.15, 0.2) is 34.9 Å². The maximum atomic E-state index is 5.32. The Balaban J connectivity index is 0.000000105. The minimum atomic E-state index is 0.597. The van der Waals surface area contributed by atoms with Crippen molar-refractivity contribution < 1.29 is 0 Å². The van der Waals surface area contributed by atoms with Crippen molar-refractivity contribution in [2.45, 2.75) is 0 Å². The Morgan fingerprint density at radius 2 is 0.385 bits per heavy atom. The predicted molar refractivity (Wildman–Crippen MR) is 620 cm³/mol. The van der Waals surface area contributed by atoms with Crippen molar-refractivity contribution in [2.24, 2.45) is 0 Å². The third-order valence-electron chi connectivity index (χ3n) is 28.7. The number of aromatic nitrogens is 12. The van der Waals surface area contributed by atoms with E-state index in [1.54, 1.807) is 0 Å². The van der Waals surface area contributed by atoms with Gasteiger partial charge in [-0.2, -0.15) is 29.9 Å². The Morgan fingerprint density at radius 1 is 0.149 bits per heavy atom. The summed E-state index contributed by atoms with van der Waals surface area (Å²) in [5.41, 5.74) is 19.1. The zero-order chi connectivity index (χ0) is 97.4. The quantitative estimate of drug-likeness (QED) is 0.117. The highest BCUT2D eigenvalue weighted by Crippen LogP contribution is 2.53. The smallest absolute Gasteiger partial charge is 0.238 e. The van der Waals surface area contributed by atoms with Crippen molar-refractivity contribution in [2.75, 3.05) is 0 Å². The van der Waals surface area contributed by atoms with Crippen LogP contribution in [-0.2, 0) is 0 Å². The van der Waals surface area contributed by atoms with E-state index in [1.807, 2.05) is 101 Å². The largest absolute Gasteiger partial charge is 0.277 e. The molecule has 0 atom stereocenters. The SMILES string of the molecule is c1ccc(-c2ccc(-c3nc(-c4ccccc4)nc(-n4c5ccccc5c5c6ccccc6c6sc7ccccc7c6c54)n3)cc2)cc1.c1ccc(-c2cccc(-c3nc(-c4ccccc4)nc(-n4c5ccccc5c5c6ccccc6c6sc7ccccc7c6c54)n3)c2)cc1.c1ccc(-c2nc(-c3ccc(-c4cccc5ccccc45)cc3)nc(-n3c4ccccc4c4c5ccccc5c5sc6ccccc6c5c43)n2)cc1. The number of nitrogens with zero attached hydrogens (tertiary/aromatic N) is 12. The molecule has 0 saturated heterocycles. The number of thiophene rings is 3. The molecular weight excluding hydrogens is 1860 g/mol. The molecule has 0 unspecified atom stereocenters. The fourth-order valence-electron chi connectivity index (χ4n) is 22.1. The zero-order valence-electron chi connectivity index (χ0n) is 79.3. The van der Waals surface area contributed by atoms with Crippen molar-refractivity contribution >= 4 is 203 Å². The van der Waals surface area contributed by atoms with Gasteiger partial charge in [-0.05, 0) is 103 Å². The van der Waals surface area contributed by atoms with Crippen molar-refractivity contribution in [3.8, 4) is 120 Å². The van der Waals surface area contributed by atoms with E-state index in [1.165, 1.54) is 147 Å². The van der Waals surface area contributed by atoms with E-state index < -0.39 is 0 Å². The minimum Gasteiger partial charge on any atom is -0.277 e. The van der Waals surface area contributed by atoms with Crippen LogP contribution in [0.3, 0.4) is 0 Å². The van der Waals surface area contributed by atoms with Gasteiger partial charge in [0, 0.05) is 142 Å². The summed E-state index contributed by atoms with van der Waals surface area (Å²) in [6, 6.07) is 171. The van der Waals surface area contributed by atoms with Crippen molar-refractivity contribution in [3.05, 3.63) is 485 Å². The van der Waals surface area contributed by atoms with E-state index >= 15 is 0 Å². The van der Waals surface area contributed by atoms with Crippen LogP contribution in [0.2, 0.25) is 0 Å². The summed E-state index contributed by atoms with van der Waals surface area (Å²) in [5.74, 6) is 5.61. The average molecular weight is 1940 g/mol. The maximum Gasteiger partial charge on any atom is 0.238 e. The first-order valence-corrected chi connectivity index (χ1v) is 52.0.